The predicted octanol–water partition coefficient (Wildman–Crippen LogP) is 8.08. The van der Waals surface area contributed by atoms with Crippen molar-refractivity contribution in [2.75, 3.05) is 107 Å². The second-order valence-electron chi connectivity index (χ2n) is 28.3. The Bertz CT molecular complexity index is 3640. The number of anilines is 4. The number of rotatable bonds is 17. The van der Waals surface area contributed by atoms with Crippen molar-refractivity contribution in [3.05, 3.63) is 71.2 Å². The first-order valence-corrected chi connectivity index (χ1v) is 33.2. The molecule has 4 aliphatic heterocycles. The number of carbonyl (C=O) groups excluding carboxylic acids is 5. The van der Waals surface area contributed by atoms with Crippen LogP contribution in [0.5, 0.6) is 5.75 Å². The number of benzene rings is 1. The van der Waals surface area contributed by atoms with Gasteiger partial charge in [-0.25, -0.2) is 37.9 Å². The highest BCUT2D eigenvalue weighted by Gasteiger charge is 2.44. The zero-order valence-electron chi connectivity index (χ0n) is 56.0. The van der Waals surface area contributed by atoms with E-state index in [9.17, 15) is 32.4 Å². The number of ether oxygens (including phenoxy) is 3. The summed E-state index contributed by atoms with van der Waals surface area (Å²) in [7, 11) is -3.96. The minimum Gasteiger partial charge on any atom is -0.492 e. The Labute approximate surface area is 535 Å². The number of aryl methyl sites for hydroxylation is 1. The lowest BCUT2D eigenvalue weighted by molar-refractivity contribution is -0.121. The van der Waals surface area contributed by atoms with E-state index >= 15 is 0 Å². The summed E-state index contributed by atoms with van der Waals surface area (Å²) in [6.45, 7) is 36.6. The number of sulfone groups is 1. The number of ketones is 1. The minimum atomic E-state index is -3.96. The molecule has 494 valence electrons. The standard InChI is InChI=1S/C65H93N15O10S/c1-17-19-51(81)45-28-50-55(66-31-45)65(15,16)39-79(50)54(82)38-77-35-42(3)78(60(84)89-62(6,7)8)37-47(77)36-75-25-26-76(34-41(75)2)59-67-32-46(33-68-59)58(83)74-23-21-73(22-24-74)20-18-27-88-52-30-49-48(29-53(52)91(86,87)64(12,13)14)56(70-40-69-49)71-57-43(4)44(5)72-80(57)61(85)90-63(9,10)11/h28-33,40-42,47H,17-27,34-39H2,1-16H3,(H,69,70,71)/t41-,42-,47+/m1/s1. The van der Waals surface area contributed by atoms with Gasteiger partial charge in [-0.05, 0) is 115 Å². The van der Waals surface area contributed by atoms with Gasteiger partial charge in [-0.3, -0.25) is 34.1 Å². The van der Waals surface area contributed by atoms with Crippen molar-refractivity contribution in [2.24, 2.45) is 0 Å². The largest absolute Gasteiger partial charge is 0.492 e. The van der Waals surface area contributed by atoms with Crippen LogP contribution in [0.1, 0.15) is 154 Å². The fourth-order valence-corrected chi connectivity index (χ4v) is 13.4. The van der Waals surface area contributed by atoms with Crippen LogP contribution in [0, 0.1) is 13.8 Å². The maximum atomic E-state index is 14.6. The summed E-state index contributed by atoms with van der Waals surface area (Å²) in [6, 6.07) is 4.59. The molecule has 25 nitrogen and oxygen atoms in total. The van der Waals surface area contributed by atoms with Crippen LogP contribution >= 0.6 is 0 Å². The van der Waals surface area contributed by atoms with Gasteiger partial charge in [0.05, 0.1) is 46.1 Å². The Morgan fingerprint density at radius 3 is 2.08 bits per heavy atom. The third-order valence-corrected chi connectivity index (χ3v) is 19.8. The molecular formula is C65H93N15O10S. The van der Waals surface area contributed by atoms with Crippen LogP contribution in [0.3, 0.4) is 0 Å². The van der Waals surface area contributed by atoms with Crippen LogP contribution in [0.2, 0.25) is 0 Å². The van der Waals surface area contributed by atoms with Crippen LogP contribution in [-0.4, -0.2) is 223 Å². The van der Waals surface area contributed by atoms with Gasteiger partial charge >= 0.3 is 12.2 Å². The number of aromatic nitrogens is 7. The second kappa shape index (κ2) is 26.7. The fourth-order valence-electron chi connectivity index (χ4n) is 12.1. The summed E-state index contributed by atoms with van der Waals surface area (Å²) in [5, 5.41) is 8.02. The van der Waals surface area contributed by atoms with Crippen LogP contribution in [0.15, 0.2) is 48.0 Å². The topological polar surface area (TPSA) is 264 Å². The van der Waals surface area contributed by atoms with Crippen molar-refractivity contribution in [3.63, 3.8) is 0 Å². The first-order valence-electron chi connectivity index (χ1n) is 31.8. The molecule has 0 aliphatic carbocycles. The van der Waals surface area contributed by atoms with Gasteiger partial charge in [-0.2, -0.15) is 5.10 Å². The Morgan fingerprint density at radius 2 is 1.43 bits per heavy atom. The summed E-state index contributed by atoms with van der Waals surface area (Å²) in [5.41, 5.74) is 2.22. The third kappa shape index (κ3) is 15.4. The highest BCUT2D eigenvalue weighted by atomic mass is 32.2. The molecule has 3 saturated heterocycles. The van der Waals surface area contributed by atoms with E-state index in [1.807, 2.05) is 52.5 Å². The molecule has 26 heteroatoms. The van der Waals surface area contributed by atoms with Gasteiger partial charge in [0, 0.05) is 150 Å². The van der Waals surface area contributed by atoms with E-state index in [1.165, 1.54) is 12.4 Å². The molecule has 91 heavy (non-hydrogen) atoms. The van der Waals surface area contributed by atoms with Crippen LogP contribution in [-0.2, 0) is 29.5 Å². The van der Waals surface area contributed by atoms with Gasteiger partial charge in [0.2, 0.25) is 11.9 Å². The quantitative estimate of drug-likeness (QED) is 0.0681. The Morgan fingerprint density at radius 1 is 0.758 bits per heavy atom. The second-order valence-corrected chi connectivity index (χ2v) is 31.0. The molecule has 4 aliphatic rings. The molecule has 5 aromatic rings. The van der Waals surface area contributed by atoms with E-state index in [-0.39, 0.29) is 71.4 Å². The number of nitrogens with zero attached hydrogens (tertiary/aromatic N) is 14. The number of hydrogen-bond donors (Lipinski definition) is 1. The number of Topliss-reactive ketones (excluding diaryl/α,β-unsaturated/α-hetero) is 1. The number of fused-ring (bicyclic) bond motifs is 2. The van der Waals surface area contributed by atoms with Gasteiger partial charge in [-0.15, -0.1) is 4.68 Å². The molecule has 1 N–H and O–H groups in total. The summed E-state index contributed by atoms with van der Waals surface area (Å²) in [6.07, 6.45) is 6.83. The zero-order chi connectivity index (χ0) is 66.3. The first-order chi connectivity index (χ1) is 42.6. The van der Waals surface area contributed by atoms with Gasteiger partial charge < -0.3 is 39.1 Å². The predicted molar refractivity (Wildman–Crippen MR) is 347 cm³/mol. The van der Waals surface area contributed by atoms with E-state index < -0.39 is 37.3 Å². The average Bonchev–Trinajstić information content (AvgIpc) is 1.74. The molecular weight excluding hydrogens is 1180 g/mol. The van der Waals surface area contributed by atoms with Crippen LogP contribution in [0.4, 0.5) is 32.9 Å². The van der Waals surface area contributed by atoms with E-state index in [0.29, 0.717) is 149 Å². The maximum absolute atomic E-state index is 14.6. The summed E-state index contributed by atoms with van der Waals surface area (Å²) in [4.78, 5) is 106. The van der Waals surface area contributed by atoms with Crippen molar-refractivity contribution in [3.8, 4) is 5.75 Å². The molecule has 9 rings (SSSR count). The lowest BCUT2D eigenvalue weighted by atomic mass is 9.91. The molecule has 0 bridgehead atoms. The Hall–Kier alpha value is -7.42. The normalized spacial score (nSPS) is 19.6. The molecule has 0 unspecified atom stereocenters. The van der Waals surface area contributed by atoms with E-state index in [1.54, 1.807) is 82.9 Å². The summed E-state index contributed by atoms with van der Waals surface area (Å²) in [5.74, 6) is 1.06. The molecule has 3 amide bonds. The van der Waals surface area contributed by atoms with Crippen molar-refractivity contribution in [1.82, 2.24) is 59.2 Å². The third-order valence-electron chi connectivity index (χ3n) is 17.2. The monoisotopic (exact) mass is 1280 g/mol. The van der Waals surface area contributed by atoms with E-state index in [4.69, 9.17) is 29.2 Å². The maximum Gasteiger partial charge on any atom is 0.437 e. The van der Waals surface area contributed by atoms with E-state index in [2.05, 4.69) is 60.8 Å². The number of carbonyl (C=O) groups is 5. The minimum absolute atomic E-state index is 0.00504. The fraction of sp³-hybridized carbons (Fsp3) is 0.615. The number of pyridine rings is 1. The van der Waals surface area contributed by atoms with Gasteiger partial charge in [-0.1, -0.05) is 20.8 Å². The van der Waals surface area contributed by atoms with Gasteiger partial charge in [0.1, 0.15) is 39.8 Å². The Kier molecular flexibility index (Phi) is 19.9. The highest BCUT2D eigenvalue weighted by molar-refractivity contribution is 7.92. The van der Waals surface area contributed by atoms with Gasteiger partial charge in [0.15, 0.2) is 15.6 Å². The van der Waals surface area contributed by atoms with Crippen molar-refractivity contribution < 1.29 is 46.6 Å². The highest BCUT2D eigenvalue weighted by Crippen LogP contribution is 2.41. The molecule has 0 saturated carbocycles. The zero-order valence-corrected chi connectivity index (χ0v) is 56.9. The lowest BCUT2D eigenvalue weighted by Crippen LogP contribution is -2.65. The number of nitrogens with one attached hydrogen (secondary N) is 1. The number of piperazine rings is 3. The molecule has 8 heterocycles. The molecule has 0 spiro atoms. The number of hydrogen-bond acceptors (Lipinski definition) is 21. The van der Waals surface area contributed by atoms with E-state index in [0.717, 1.165) is 10.4 Å². The number of amides is 3. The summed E-state index contributed by atoms with van der Waals surface area (Å²) < 4.78 is 46.2. The first kappa shape index (κ1) is 68.0. The SMILES string of the molecule is CCCC(=O)c1cnc2c(c1)N(C(=O)CN1C[C@@H](C)N(C(=O)OC(C)(C)C)C[C@@H]1CN1CCN(c3ncc(C(=O)N4CCN(CCCOc5cc6ncnc(Nc7c(C)c(C)nn7C(=O)OC(C)(C)C)c6cc5S(=O)(=O)C(C)(C)C)CC4)cn3)C[C@H]1C)CC2(C)C. The molecule has 4 aromatic heterocycles. The van der Waals surface area contributed by atoms with Crippen molar-refractivity contribution >= 4 is 73.8 Å². The van der Waals surface area contributed by atoms with Crippen molar-refractivity contribution in [2.45, 2.75) is 174 Å². The molecule has 3 atom stereocenters. The van der Waals surface area contributed by atoms with Crippen LogP contribution < -0.4 is 19.9 Å². The van der Waals surface area contributed by atoms with Gasteiger partial charge in [0.25, 0.3) is 5.91 Å². The van der Waals surface area contributed by atoms with Crippen molar-refractivity contribution in [1.29, 1.82) is 0 Å². The van der Waals surface area contributed by atoms with Crippen LogP contribution in [0.25, 0.3) is 10.9 Å². The molecule has 0 radical (unpaired) electrons. The summed E-state index contributed by atoms with van der Waals surface area (Å²) >= 11 is 0. The average molecular weight is 1280 g/mol. The molecule has 1 aromatic carbocycles. The molecule has 3 fully saturated rings. The lowest BCUT2D eigenvalue weighted by Gasteiger charge is -2.48. The smallest absolute Gasteiger partial charge is 0.437 e. The Balaban J connectivity index is 0.788.